The lowest BCUT2D eigenvalue weighted by Gasteiger charge is -2.41. The van der Waals surface area contributed by atoms with Crippen LogP contribution >= 0.6 is 0 Å². The number of hydrogen-bond acceptors (Lipinski definition) is 5. The Bertz CT molecular complexity index is 1570. The normalized spacial score (nSPS) is 17.6. The van der Waals surface area contributed by atoms with Crippen molar-refractivity contribution in [3.63, 3.8) is 0 Å². The molecule has 0 bridgehead atoms. The largest absolute Gasteiger partial charge is 0.497 e. The third kappa shape index (κ3) is 6.24. The number of carbonyl (C=O) groups is 2. The van der Waals surface area contributed by atoms with Crippen LogP contribution in [0.15, 0.2) is 72.8 Å². The molecule has 1 spiro atoms. The summed E-state index contributed by atoms with van der Waals surface area (Å²) in [6, 6.07) is 23.9. The van der Waals surface area contributed by atoms with Crippen molar-refractivity contribution in [2.24, 2.45) is 5.41 Å². The minimum atomic E-state index is -0.479. The molecular formula is C35H40N4O4. The van der Waals surface area contributed by atoms with Gasteiger partial charge in [-0.1, -0.05) is 61.4 Å². The van der Waals surface area contributed by atoms with Crippen molar-refractivity contribution in [3.05, 3.63) is 89.6 Å². The van der Waals surface area contributed by atoms with Crippen molar-refractivity contribution in [1.82, 2.24) is 20.0 Å². The van der Waals surface area contributed by atoms with Gasteiger partial charge in [-0.3, -0.25) is 14.3 Å². The Morgan fingerprint density at radius 1 is 0.977 bits per heavy atom. The molecular weight excluding hydrogens is 540 g/mol. The van der Waals surface area contributed by atoms with E-state index in [1.54, 1.807) is 7.11 Å². The van der Waals surface area contributed by atoms with Gasteiger partial charge in [-0.15, -0.1) is 0 Å². The first-order valence-electron chi connectivity index (χ1n) is 15.4. The molecule has 0 aliphatic carbocycles. The number of carbonyl (C=O) groups excluding carboxylic acids is 2. The first kappa shape index (κ1) is 28.8. The van der Waals surface area contributed by atoms with E-state index >= 15 is 0 Å². The van der Waals surface area contributed by atoms with Crippen LogP contribution in [0.4, 0.5) is 0 Å². The maximum absolute atomic E-state index is 14.2. The molecule has 8 heteroatoms. The van der Waals surface area contributed by atoms with Crippen molar-refractivity contribution in [2.75, 3.05) is 33.4 Å². The highest BCUT2D eigenvalue weighted by atomic mass is 16.5. The molecule has 0 unspecified atom stereocenters. The number of amides is 2. The first-order valence-corrected chi connectivity index (χ1v) is 15.4. The molecule has 1 fully saturated rings. The minimum Gasteiger partial charge on any atom is -0.497 e. The predicted molar refractivity (Wildman–Crippen MR) is 167 cm³/mol. The van der Waals surface area contributed by atoms with Gasteiger partial charge < -0.3 is 19.7 Å². The van der Waals surface area contributed by atoms with Crippen molar-refractivity contribution in [1.29, 1.82) is 0 Å². The van der Waals surface area contributed by atoms with Gasteiger partial charge in [0.05, 0.1) is 31.1 Å². The Morgan fingerprint density at radius 3 is 2.58 bits per heavy atom. The fourth-order valence-corrected chi connectivity index (χ4v) is 6.53. The number of likely N-dealkylation sites (tertiary alicyclic amines) is 1. The van der Waals surface area contributed by atoms with Gasteiger partial charge in [0.25, 0.3) is 5.91 Å². The summed E-state index contributed by atoms with van der Waals surface area (Å²) in [5, 5.41) is 8.75. The summed E-state index contributed by atoms with van der Waals surface area (Å²) in [7, 11) is 1.63. The Morgan fingerprint density at radius 2 is 1.77 bits per heavy atom. The van der Waals surface area contributed by atoms with E-state index in [1.165, 1.54) is 5.56 Å². The number of nitrogens with one attached hydrogen (secondary N) is 1. The molecule has 0 atom stereocenters. The lowest BCUT2D eigenvalue weighted by molar-refractivity contribution is -0.134. The SMILES string of the molecule is COc1ccc2nn(Cc3ccccc3)c(C(=O)N3CCC4(CCCCCc5ccccc5OCCNC4=O)CC3)c2c1. The van der Waals surface area contributed by atoms with Crippen molar-refractivity contribution < 1.29 is 19.1 Å². The molecule has 43 heavy (non-hydrogen) atoms. The second-order valence-electron chi connectivity index (χ2n) is 11.7. The summed E-state index contributed by atoms with van der Waals surface area (Å²) in [5.74, 6) is 1.62. The van der Waals surface area contributed by atoms with Crippen LogP contribution in [-0.4, -0.2) is 59.8 Å². The number of rotatable bonds is 4. The zero-order valence-electron chi connectivity index (χ0n) is 24.9. The molecule has 6 rings (SSSR count). The molecule has 1 N–H and O–H groups in total. The zero-order valence-corrected chi connectivity index (χ0v) is 24.9. The smallest absolute Gasteiger partial charge is 0.272 e. The van der Waals surface area contributed by atoms with E-state index in [9.17, 15) is 9.59 Å². The molecule has 2 amide bonds. The highest BCUT2D eigenvalue weighted by Crippen LogP contribution is 2.38. The van der Waals surface area contributed by atoms with Crippen LogP contribution in [0.3, 0.4) is 0 Å². The second kappa shape index (κ2) is 12.9. The molecule has 3 heterocycles. The number of benzene rings is 3. The molecule has 224 valence electrons. The molecule has 2 aliphatic heterocycles. The molecule has 3 aromatic carbocycles. The fraction of sp³-hybridized carbons (Fsp3) is 0.400. The number of methoxy groups -OCH3 is 1. The molecule has 0 saturated carbocycles. The molecule has 8 nitrogen and oxygen atoms in total. The van der Waals surface area contributed by atoms with Crippen LogP contribution in [0.1, 0.15) is 60.1 Å². The van der Waals surface area contributed by atoms with Gasteiger partial charge in [-0.25, -0.2) is 0 Å². The molecule has 1 saturated heterocycles. The molecule has 0 radical (unpaired) electrons. The summed E-state index contributed by atoms with van der Waals surface area (Å²) >= 11 is 0. The monoisotopic (exact) mass is 580 g/mol. The topological polar surface area (TPSA) is 85.7 Å². The second-order valence-corrected chi connectivity index (χ2v) is 11.7. The number of aromatic nitrogens is 2. The van der Waals surface area contributed by atoms with Crippen LogP contribution < -0.4 is 14.8 Å². The number of aryl methyl sites for hydroxylation is 1. The van der Waals surface area contributed by atoms with Gasteiger partial charge in [0.2, 0.25) is 5.91 Å². The van der Waals surface area contributed by atoms with E-state index in [1.807, 2.05) is 70.2 Å². The van der Waals surface area contributed by atoms with Gasteiger partial charge in [0, 0.05) is 18.5 Å². The Labute approximate surface area is 253 Å². The van der Waals surface area contributed by atoms with Crippen LogP contribution in [0.5, 0.6) is 11.5 Å². The first-order chi connectivity index (χ1) is 21.1. The van der Waals surface area contributed by atoms with E-state index < -0.39 is 5.41 Å². The lowest BCUT2D eigenvalue weighted by atomic mass is 9.73. The number of para-hydroxylation sites is 1. The third-order valence-electron chi connectivity index (χ3n) is 9.03. The Kier molecular flexibility index (Phi) is 8.63. The summed E-state index contributed by atoms with van der Waals surface area (Å²) < 4.78 is 13.3. The number of ether oxygens (including phenoxy) is 2. The molecule has 1 aromatic heterocycles. The highest BCUT2D eigenvalue weighted by molar-refractivity contribution is 6.05. The van der Waals surface area contributed by atoms with E-state index in [2.05, 4.69) is 17.4 Å². The summed E-state index contributed by atoms with van der Waals surface area (Å²) in [4.78, 5) is 29.7. The van der Waals surface area contributed by atoms with Crippen molar-refractivity contribution in [3.8, 4) is 11.5 Å². The fourth-order valence-electron chi connectivity index (χ4n) is 6.53. The quantitative estimate of drug-likeness (QED) is 0.338. The van der Waals surface area contributed by atoms with Crippen LogP contribution in [0.2, 0.25) is 0 Å². The zero-order chi connectivity index (χ0) is 29.6. The number of nitrogens with zero attached hydrogens (tertiary/aromatic N) is 3. The number of piperidine rings is 1. The summed E-state index contributed by atoms with van der Waals surface area (Å²) in [6.45, 7) is 2.44. The van der Waals surface area contributed by atoms with Gasteiger partial charge in [-0.2, -0.15) is 5.10 Å². The van der Waals surface area contributed by atoms with Gasteiger partial charge in [0.1, 0.15) is 23.8 Å². The highest BCUT2D eigenvalue weighted by Gasteiger charge is 2.42. The predicted octanol–water partition coefficient (Wildman–Crippen LogP) is 5.63. The van der Waals surface area contributed by atoms with Crippen molar-refractivity contribution >= 4 is 22.7 Å². The van der Waals surface area contributed by atoms with Crippen molar-refractivity contribution in [2.45, 2.75) is 51.5 Å². The Balaban J connectivity index is 1.20. The average molecular weight is 581 g/mol. The Hall–Kier alpha value is -4.33. The third-order valence-corrected chi connectivity index (χ3v) is 9.03. The van der Waals surface area contributed by atoms with Gasteiger partial charge in [0.15, 0.2) is 0 Å². The molecule has 2 aliphatic rings. The molecule has 4 aromatic rings. The van der Waals surface area contributed by atoms with Crippen LogP contribution in [0, 0.1) is 5.41 Å². The summed E-state index contributed by atoms with van der Waals surface area (Å²) in [6.07, 6.45) is 6.18. The van der Waals surface area contributed by atoms with E-state index in [0.29, 0.717) is 57.1 Å². The van der Waals surface area contributed by atoms with Crippen LogP contribution in [-0.2, 0) is 17.8 Å². The van der Waals surface area contributed by atoms with E-state index in [-0.39, 0.29) is 11.8 Å². The lowest BCUT2D eigenvalue weighted by Crippen LogP contribution is -2.51. The number of fused-ring (bicyclic) bond motifs is 2. The van der Waals surface area contributed by atoms with Crippen LogP contribution in [0.25, 0.3) is 10.9 Å². The minimum absolute atomic E-state index is 0.0576. The van der Waals surface area contributed by atoms with E-state index in [0.717, 1.165) is 54.3 Å². The van der Waals surface area contributed by atoms with E-state index in [4.69, 9.17) is 14.6 Å². The maximum Gasteiger partial charge on any atom is 0.272 e. The maximum atomic E-state index is 14.2. The number of hydrogen-bond donors (Lipinski definition) is 1. The van der Waals surface area contributed by atoms with Gasteiger partial charge in [-0.05, 0) is 67.5 Å². The standard InChI is InChI=1S/C35H40N4O4/c1-42-28-15-16-30-29(24-28)32(39(37-30)25-26-10-4-2-5-11-26)33(40)38-21-18-35(19-22-38)17-9-3-6-12-27-13-7-8-14-31(27)43-23-20-36-34(35)41/h2,4-5,7-8,10-11,13-16,24H,3,6,9,12,17-23,25H2,1H3,(H,36,41). The summed E-state index contributed by atoms with van der Waals surface area (Å²) in [5.41, 5.74) is 3.14. The van der Waals surface area contributed by atoms with Gasteiger partial charge >= 0.3 is 0 Å². The average Bonchev–Trinajstić information content (AvgIpc) is 3.40.